The number of benzene rings is 3. The number of rotatable bonds is 3. The molecule has 3 heterocycles. The Bertz CT molecular complexity index is 1530. The fourth-order valence-corrected chi connectivity index (χ4v) is 5.91. The number of hydrogen-bond donors (Lipinski definition) is 0. The van der Waals surface area contributed by atoms with E-state index in [1.54, 1.807) is 29.3 Å². The third-order valence-corrected chi connectivity index (χ3v) is 7.55. The Morgan fingerprint density at radius 3 is 2.30 bits per heavy atom. The van der Waals surface area contributed by atoms with Crippen LogP contribution in [0.4, 0.5) is 16.4 Å². The van der Waals surface area contributed by atoms with E-state index in [4.69, 9.17) is 0 Å². The fraction of sp³-hybridized carbons (Fsp3) is 0. The Balaban J connectivity index is 1.41. The first kappa shape index (κ1) is 19.7. The summed E-state index contributed by atoms with van der Waals surface area (Å²) in [5.41, 5.74) is 3.60. The highest BCUT2D eigenvalue weighted by Crippen LogP contribution is 2.52. The van der Waals surface area contributed by atoms with Gasteiger partial charge in [-0.2, -0.15) is 5.26 Å². The second kappa shape index (κ2) is 8.21. The minimum atomic E-state index is 0.441. The highest BCUT2D eigenvalue weighted by molar-refractivity contribution is 7.99. The minimum Gasteiger partial charge on any atom is -0.300 e. The van der Waals surface area contributed by atoms with Gasteiger partial charge in [0.05, 0.1) is 22.5 Å². The first-order valence-corrected chi connectivity index (χ1v) is 12.0. The topological polar surface area (TPSA) is 52.8 Å². The molecule has 4 nitrogen and oxygen atoms in total. The van der Waals surface area contributed by atoms with Crippen molar-refractivity contribution in [3.8, 4) is 6.07 Å². The second-order valence-electron chi connectivity index (χ2n) is 7.47. The summed E-state index contributed by atoms with van der Waals surface area (Å²) in [6.07, 6.45) is 3.64. The number of fused-ring (bicyclic) bond motifs is 3. The molecule has 3 aromatic carbocycles. The first-order chi connectivity index (χ1) is 16.3. The molecule has 0 bridgehead atoms. The number of thiophene rings is 1. The number of aromatic nitrogens is 2. The highest BCUT2D eigenvalue weighted by Gasteiger charge is 2.25. The summed E-state index contributed by atoms with van der Waals surface area (Å²) in [5.74, 6) is 0.441. The molecule has 1 aliphatic heterocycles. The Morgan fingerprint density at radius 1 is 0.848 bits per heavy atom. The van der Waals surface area contributed by atoms with Gasteiger partial charge in [0.15, 0.2) is 5.82 Å². The lowest BCUT2D eigenvalue weighted by atomic mass is 10.2. The van der Waals surface area contributed by atoms with E-state index in [0.29, 0.717) is 11.4 Å². The van der Waals surface area contributed by atoms with Gasteiger partial charge in [0, 0.05) is 26.3 Å². The van der Waals surface area contributed by atoms with Crippen molar-refractivity contribution in [1.82, 2.24) is 9.97 Å². The summed E-state index contributed by atoms with van der Waals surface area (Å²) in [6, 6.07) is 31.1. The van der Waals surface area contributed by atoms with Gasteiger partial charge in [-0.25, -0.2) is 9.97 Å². The standard InChI is InChI=1S/C27H16N4S2/c28-16-19(27-29-17-18-7-1-2-8-21(18)30-27)15-20-13-14-26(32-20)31-22-9-3-5-11-24(22)33-25-12-6-4-10-23(25)31/h1-15,17H/b19-15+. The average Bonchev–Trinajstić information content (AvgIpc) is 3.33. The molecule has 0 N–H and O–H groups in total. The van der Waals surface area contributed by atoms with Gasteiger partial charge < -0.3 is 0 Å². The largest absolute Gasteiger partial charge is 0.300 e. The second-order valence-corrected chi connectivity index (χ2v) is 9.65. The zero-order valence-corrected chi connectivity index (χ0v) is 19.0. The Labute approximate surface area is 199 Å². The number of allylic oxidation sites excluding steroid dienone is 1. The highest BCUT2D eigenvalue weighted by atomic mass is 32.2. The molecule has 2 aromatic heterocycles. The fourth-order valence-electron chi connectivity index (χ4n) is 3.87. The van der Waals surface area contributed by atoms with Crippen LogP contribution in [-0.4, -0.2) is 9.97 Å². The lowest BCUT2D eigenvalue weighted by molar-refractivity contribution is 1.17. The molecule has 0 unspecified atom stereocenters. The molecule has 156 valence electrons. The van der Waals surface area contributed by atoms with Gasteiger partial charge in [-0.1, -0.05) is 54.2 Å². The Morgan fingerprint density at radius 2 is 1.55 bits per heavy atom. The summed E-state index contributed by atoms with van der Waals surface area (Å²) in [5, 5.41) is 11.9. The van der Waals surface area contributed by atoms with Gasteiger partial charge in [-0.15, -0.1) is 11.3 Å². The van der Waals surface area contributed by atoms with E-state index in [2.05, 4.69) is 75.5 Å². The number of nitriles is 1. The van der Waals surface area contributed by atoms with E-state index in [9.17, 15) is 5.26 Å². The van der Waals surface area contributed by atoms with E-state index >= 15 is 0 Å². The first-order valence-electron chi connectivity index (χ1n) is 10.4. The molecule has 0 aliphatic carbocycles. The van der Waals surface area contributed by atoms with Crippen molar-refractivity contribution in [3.63, 3.8) is 0 Å². The van der Waals surface area contributed by atoms with E-state index in [1.165, 1.54) is 9.79 Å². The van der Waals surface area contributed by atoms with Crippen molar-refractivity contribution in [1.29, 1.82) is 5.26 Å². The maximum Gasteiger partial charge on any atom is 0.170 e. The van der Waals surface area contributed by atoms with Gasteiger partial charge in [-0.05, 0) is 48.5 Å². The van der Waals surface area contributed by atoms with Crippen molar-refractivity contribution in [2.24, 2.45) is 0 Å². The summed E-state index contributed by atoms with van der Waals surface area (Å²) >= 11 is 3.43. The van der Waals surface area contributed by atoms with E-state index in [1.807, 2.05) is 36.4 Å². The van der Waals surface area contributed by atoms with Gasteiger partial charge in [0.2, 0.25) is 0 Å². The summed E-state index contributed by atoms with van der Waals surface area (Å²) in [6.45, 7) is 0. The molecule has 33 heavy (non-hydrogen) atoms. The molecule has 1 aliphatic rings. The number of anilines is 3. The van der Waals surface area contributed by atoms with Crippen LogP contribution in [0.2, 0.25) is 0 Å². The predicted octanol–water partition coefficient (Wildman–Crippen LogP) is 7.69. The maximum absolute atomic E-state index is 9.82. The van der Waals surface area contributed by atoms with Crippen LogP contribution in [0.25, 0.3) is 22.6 Å². The monoisotopic (exact) mass is 460 g/mol. The molecule has 6 rings (SSSR count). The van der Waals surface area contributed by atoms with Gasteiger partial charge >= 0.3 is 0 Å². The SMILES string of the molecule is N#C/C(=C\c1ccc(N2c3ccccc3Sc3ccccc32)s1)c1ncc2ccccc2n1. The zero-order chi connectivity index (χ0) is 22.2. The maximum atomic E-state index is 9.82. The van der Waals surface area contributed by atoms with Crippen LogP contribution >= 0.6 is 23.1 Å². The van der Waals surface area contributed by atoms with E-state index < -0.39 is 0 Å². The van der Waals surface area contributed by atoms with Gasteiger partial charge in [0.1, 0.15) is 11.1 Å². The van der Waals surface area contributed by atoms with Crippen LogP contribution < -0.4 is 4.90 Å². The van der Waals surface area contributed by atoms with Crippen molar-refractivity contribution < 1.29 is 0 Å². The molecule has 0 radical (unpaired) electrons. The third-order valence-electron chi connectivity index (χ3n) is 5.40. The number of hydrogen-bond acceptors (Lipinski definition) is 6. The average molecular weight is 461 g/mol. The van der Waals surface area contributed by atoms with E-state index in [0.717, 1.165) is 32.2 Å². The van der Waals surface area contributed by atoms with Crippen molar-refractivity contribution in [2.45, 2.75) is 9.79 Å². The molecule has 0 atom stereocenters. The van der Waals surface area contributed by atoms with Gasteiger partial charge in [-0.3, -0.25) is 4.90 Å². The number of nitrogens with zero attached hydrogens (tertiary/aromatic N) is 4. The molecule has 0 saturated carbocycles. The summed E-state index contributed by atoms with van der Waals surface area (Å²) < 4.78 is 0. The number of para-hydroxylation sites is 3. The quantitative estimate of drug-likeness (QED) is 0.253. The normalized spacial score (nSPS) is 12.8. The minimum absolute atomic E-state index is 0.441. The van der Waals surface area contributed by atoms with Crippen molar-refractivity contribution in [3.05, 3.63) is 102 Å². The lowest BCUT2D eigenvalue weighted by Gasteiger charge is -2.31. The van der Waals surface area contributed by atoms with Crippen LogP contribution in [0.1, 0.15) is 10.7 Å². The van der Waals surface area contributed by atoms with Crippen LogP contribution in [0.3, 0.4) is 0 Å². The molecular formula is C27H16N4S2. The molecular weight excluding hydrogens is 444 g/mol. The van der Waals surface area contributed by atoms with Crippen molar-refractivity contribution in [2.75, 3.05) is 4.90 Å². The smallest absolute Gasteiger partial charge is 0.170 e. The third kappa shape index (κ3) is 3.58. The van der Waals surface area contributed by atoms with Crippen LogP contribution in [0.15, 0.2) is 101 Å². The Kier molecular flexibility index (Phi) is 4.91. The molecule has 5 aromatic rings. The summed E-state index contributed by atoms with van der Waals surface area (Å²) in [7, 11) is 0. The molecule has 0 saturated heterocycles. The Hall–Kier alpha value is -3.92. The molecule has 0 fully saturated rings. The lowest BCUT2D eigenvalue weighted by Crippen LogP contribution is -2.13. The molecule has 6 heteroatoms. The van der Waals surface area contributed by atoms with Crippen LogP contribution in [-0.2, 0) is 0 Å². The predicted molar refractivity (Wildman–Crippen MR) is 136 cm³/mol. The zero-order valence-electron chi connectivity index (χ0n) is 17.3. The van der Waals surface area contributed by atoms with Crippen molar-refractivity contribution >= 4 is 62.0 Å². The van der Waals surface area contributed by atoms with Crippen LogP contribution in [0, 0.1) is 11.3 Å². The molecule has 0 spiro atoms. The van der Waals surface area contributed by atoms with E-state index in [-0.39, 0.29) is 0 Å². The summed E-state index contributed by atoms with van der Waals surface area (Å²) in [4.78, 5) is 14.7. The van der Waals surface area contributed by atoms with Gasteiger partial charge in [0.25, 0.3) is 0 Å². The van der Waals surface area contributed by atoms with Crippen LogP contribution in [0.5, 0.6) is 0 Å². The molecule has 0 amide bonds.